The summed E-state index contributed by atoms with van der Waals surface area (Å²) in [5, 5.41) is 3.28. The largest absolute Gasteiger partial charge is 0.496 e. The third kappa shape index (κ3) is 6.79. The van der Waals surface area contributed by atoms with Gasteiger partial charge < -0.3 is 39.3 Å². The minimum atomic E-state index is -1.14. The van der Waals surface area contributed by atoms with Crippen LogP contribution in [0.15, 0.2) is 30.3 Å². The van der Waals surface area contributed by atoms with Crippen LogP contribution in [-0.4, -0.2) is 63.6 Å². The van der Waals surface area contributed by atoms with E-state index in [9.17, 15) is 9.59 Å². The molecule has 1 amide bonds. The number of rotatable bonds is 10. The molecule has 3 aliphatic carbocycles. The first-order valence-electron chi connectivity index (χ1n) is 15.7. The predicted octanol–water partition coefficient (Wildman–Crippen LogP) is 5.74. The fraction of sp³-hybridized carbons (Fsp3) is 0.588. The van der Waals surface area contributed by atoms with E-state index in [0.717, 1.165) is 12.8 Å². The molecule has 2 aromatic rings. The normalized spacial score (nSPS) is 25.3. The molecule has 13 heteroatoms. The minimum absolute atomic E-state index is 0. The highest BCUT2D eigenvalue weighted by molar-refractivity contribution is 6.48. The minimum Gasteiger partial charge on any atom is -0.496 e. The Morgan fingerprint density at radius 2 is 1.74 bits per heavy atom. The summed E-state index contributed by atoms with van der Waals surface area (Å²) in [6, 6.07) is 7.42. The average Bonchev–Trinajstić information content (AvgIpc) is 3.36. The number of carbonyl (C=O) groups excluding carboxylic acids is 2. The van der Waals surface area contributed by atoms with Crippen molar-refractivity contribution in [2.75, 3.05) is 21.3 Å². The van der Waals surface area contributed by atoms with E-state index in [2.05, 4.69) is 26.1 Å². The van der Waals surface area contributed by atoms with E-state index in [1.165, 1.54) is 21.3 Å². The van der Waals surface area contributed by atoms with Crippen LogP contribution in [0.1, 0.15) is 81.9 Å². The maximum atomic E-state index is 13.9. The number of hydrogen-bond donors (Lipinski definition) is 2. The quantitative estimate of drug-likeness (QED) is 0.237. The standard InChI is InChI=1S/C34H46BClN2O8.ClH/c1-32(2,3)44-31(40)21-12-10-11-18(28(21)42-8)15-25(35-45-24-17-19-16-23(33(19,4)5)34(24,6)46-35)38-30(39)27(37)20-13-14-22(41-7)29(43-9)26(20)36;/h10-14,19,23-25,27H,15-17,37H2,1-9H3,(H,38,39);1H/t19-,23-,24+,25?,27?,34-;/m0./s1. The highest BCUT2D eigenvalue weighted by Gasteiger charge is 2.68. The van der Waals surface area contributed by atoms with Crippen LogP contribution in [-0.2, 0) is 25.3 Å². The topological polar surface area (TPSA) is 128 Å². The van der Waals surface area contributed by atoms with Gasteiger partial charge in [-0.1, -0.05) is 43.6 Å². The lowest BCUT2D eigenvalue weighted by Crippen LogP contribution is -2.65. The van der Waals surface area contributed by atoms with Crippen LogP contribution >= 0.6 is 24.0 Å². The zero-order chi connectivity index (χ0) is 33.8. The molecule has 0 radical (unpaired) electrons. The second-order valence-electron chi connectivity index (χ2n) is 14.3. The smallest absolute Gasteiger partial charge is 0.482 e. The number of halogens is 2. The van der Waals surface area contributed by atoms with Gasteiger partial charge in [-0.05, 0) is 81.9 Å². The maximum absolute atomic E-state index is 13.9. The first kappa shape index (κ1) is 37.1. The summed E-state index contributed by atoms with van der Waals surface area (Å²) in [5.41, 5.74) is 6.78. The van der Waals surface area contributed by atoms with Gasteiger partial charge in [-0.25, -0.2) is 4.79 Å². The Hall–Kier alpha value is -2.70. The lowest BCUT2D eigenvalue weighted by molar-refractivity contribution is -0.199. The maximum Gasteiger partial charge on any atom is 0.482 e. The van der Waals surface area contributed by atoms with Crippen molar-refractivity contribution in [1.82, 2.24) is 5.32 Å². The molecule has 258 valence electrons. The van der Waals surface area contributed by atoms with Crippen LogP contribution in [0, 0.1) is 17.3 Å². The van der Waals surface area contributed by atoms with E-state index in [1.807, 2.05) is 6.07 Å². The number of methoxy groups -OCH3 is 3. The summed E-state index contributed by atoms with van der Waals surface area (Å²) in [5.74, 6) is 0.246. The zero-order valence-corrected chi connectivity index (χ0v) is 30.2. The summed E-state index contributed by atoms with van der Waals surface area (Å²) in [6.45, 7) is 12.1. The van der Waals surface area contributed by atoms with Crippen LogP contribution in [0.5, 0.6) is 17.2 Å². The molecule has 3 saturated carbocycles. The van der Waals surface area contributed by atoms with Crippen molar-refractivity contribution >= 4 is 43.0 Å². The van der Waals surface area contributed by atoms with Crippen molar-refractivity contribution in [2.45, 2.75) is 90.1 Å². The molecule has 2 unspecified atom stereocenters. The molecule has 6 rings (SSSR count). The van der Waals surface area contributed by atoms with Gasteiger partial charge in [-0.2, -0.15) is 0 Å². The molecule has 1 aliphatic heterocycles. The molecule has 10 nitrogen and oxygen atoms in total. The zero-order valence-electron chi connectivity index (χ0n) is 28.6. The van der Waals surface area contributed by atoms with E-state index in [-0.39, 0.29) is 46.7 Å². The van der Waals surface area contributed by atoms with Crippen molar-refractivity contribution in [2.24, 2.45) is 23.0 Å². The van der Waals surface area contributed by atoms with E-state index < -0.39 is 42.2 Å². The SMILES string of the molecule is COc1ccc(C(N)C(=O)NC(Cc2cccc(C(=O)OC(C)(C)C)c2OC)B2O[C@@H]3C[C@@H]4C[C@@H](C4(C)C)[C@]3(C)O2)c(Cl)c1OC.Cl. The summed E-state index contributed by atoms with van der Waals surface area (Å²) >= 11 is 6.63. The molecule has 3 N–H and O–H groups in total. The molecule has 47 heavy (non-hydrogen) atoms. The number of nitrogens with one attached hydrogen (secondary N) is 1. The fourth-order valence-corrected chi connectivity index (χ4v) is 7.91. The molecule has 1 heterocycles. The van der Waals surface area contributed by atoms with Gasteiger partial charge in [0.2, 0.25) is 5.91 Å². The van der Waals surface area contributed by atoms with Crippen LogP contribution in [0.4, 0.5) is 0 Å². The first-order chi connectivity index (χ1) is 21.5. The van der Waals surface area contributed by atoms with Gasteiger partial charge in [0.05, 0.1) is 44.0 Å². The molecular formula is C34H47BCl2N2O8. The van der Waals surface area contributed by atoms with Crippen molar-refractivity contribution in [3.63, 3.8) is 0 Å². The fourth-order valence-electron chi connectivity index (χ4n) is 7.56. The van der Waals surface area contributed by atoms with E-state index >= 15 is 0 Å². The third-order valence-electron chi connectivity index (χ3n) is 10.1. The Balaban J connectivity index is 0.00000500. The van der Waals surface area contributed by atoms with Crippen molar-refractivity contribution < 1.29 is 37.8 Å². The first-order valence-corrected chi connectivity index (χ1v) is 16.1. The number of esters is 1. The predicted molar refractivity (Wildman–Crippen MR) is 183 cm³/mol. The monoisotopic (exact) mass is 692 g/mol. The number of amides is 1. The highest BCUT2D eigenvalue weighted by atomic mass is 35.5. The van der Waals surface area contributed by atoms with Crippen molar-refractivity contribution in [1.29, 1.82) is 0 Å². The van der Waals surface area contributed by atoms with E-state index in [4.69, 9.17) is 45.6 Å². The molecule has 6 atom stereocenters. The molecule has 2 aromatic carbocycles. The number of ether oxygens (including phenoxy) is 4. The number of para-hydroxylation sites is 1. The lowest BCUT2D eigenvalue weighted by Gasteiger charge is -2.64. The van der Waals surface area contributed by atoms with E-state index in [0.29, 0.717) is 34.5 Å². The van der Waals surface area contributed by atoms with Crippen LogP contribution in [0.2, 0.25) is 5.02 Å². The van der Waals surface area contributed by atoms with Gasteiger partial charge in [0.1, 0.15) is 23.0 Å². The van der Waals surface area contributed by atoms with Gasteiger partial charge >= 0.3 is 13.1 Å². The van der Waals surface area contributed by atoms with Crippen molar-refractivity contribution in [3.8, 4) is 17.2 Å². The van der Waals surface area contributed by atoms with Gasteiger partial charge in [-0.15, -0.1) is 12.4 Å². The third-order valence-corrected chi connectivity index (χ3v) is 10.5. The second-order valence-corrected chi connectivity index (χ2v) is 14.7. The average molecular weight is 693 g/mol. The summed E-state index contributed by atoms with van der Waals surface area (Å²) in [6.07, 6.45) is 2.08. The molecule has 4 aliphatic rings. The second kappa shape index (κ2) is 13.7. The Morgan fingerprint density at radius 3 is 2.34 bits per heavy atom. The van der Waals surface area contributed by atoms with Gasteiger partial charge in [0.25, 0.3) is 0 Å². The van der Waals surface area contributed by atoms with Gasteiger partial charge in [0, 0.05) is 5.56 Å². The number of benzene rings is 2. The number of carbonyl (C=O) groups is 2. The van der Waals surface area contributed by atoms with E-state index in [1.54, 1.807) is 45.0 Å². The molecule has 2 bridgehead atoms. The Kier molecular flexibility index (Phi) is 10.8. The number of hydrogen-bond acceptors (Lipinski definition) is 9. The molecule has 0 spiro atoms. The Labute approximate surface area is 289 Å². The molecule has 0 aromatic heterocycles. The van der Waals surface area contributed by atoms with Crippen LogP contribution < -0.4 is 25.3 Å². The Bertz CT molecular complexity index is 1500. The number of nitrogens with two attached hydrogens (primary N) is 1. The van der Waals surface area contributed by atoms with Gasteiger partial charge in [-0.3, -0.25) is 4.79 Å². The summed E-state index contributed by atoms with van der Waals surface area (Å²) < 4.78 is 35.6. The van der Waals surface area contributed by atoms with Crippen molar-refractivity contribution in [3.05, 3.63) is 52.0 Å². The lowest BCUT2D eigenvalue weighted by atomic mass is 9.43. The molecular weight excluding hydrogens is 646 g/mol. The molecule has 1 saturated heterocycles. The Morgan fingerprint density at radius 1 is 1.06 bits per heavy atom. The van der Waals surface area contributed by atoms with Crippen LogP contribution in [0.3, 0.4) is 0 Å². The highest BCUT2D eigenvalue weighted by Crippen LogP contribution is 2.65. The summed E-state index contributed by atoms with van der Waals surface area (Å²) in [4.78, 5) is 27.0. The van der Waals surface area contributed by atoms with Crippen LogP contribution in [0.25, 0.3) is 0 Å². The summed E-state index contributed by atoms with van der Waals surface area (Å²) in [7, 11) is 3.69. The molecule has 4 fully saturated rings. The van der Waals surface area contributed by atoms with Gasteiger partial charge in [0.15, 0.2) is 11.5 Å².